The molecule has 0 aromatic heterocycles. The van der Waals surface area contributed by atoms with Crippen molar-refractivity contribution in [3.05, 3.63) is 0 Å². The van der Waals surface area contributed by atoms with Crippen molar-refractivity contribution in [3.8, 4) is 0 Å². The summed E-state index contributed by atoms with van der Waals surface area (Å²) < 4.78 is 0. The van der Waals surface area contributed by atoms with Crippen molar-refractivity contribution in [3.63, 3.8) is 0 Å². The zero-order chi connectivity index (χ0) is 0. The fraction of sp³-hybridized carbons (Fsp3) is 0. The molecule has 0 aliphatic carbocycles. The van der Waals surface area contributed by atoms with E-state index in [4.69, 9.17) is 0 Å². The van der Waals surface area contributed by atoms with Crippen molar-refractivity contribution in [2.45, 2.75) is 0 Å². The van der Waals surface area contributed by atoms with E-state index in [0.29, 0.717) is 0 Å². The van der Waals surface area contributed by atoms with Crippen LogP contribution < -0.4 is 0 Å². The molecule has 0 rings (SSSR count). The average Bonchev–Trinajstić information content (AvgIpc) is 0. The molecular formula is H11LiNb2O5. The number of hydrogen-bond donors (Lipinski definition) is 0. The molecule has 0 aromatic rings. The summed E-state index contributed by atoms with van der Waals surface area (Å²) in [7, 11) is 0. The van der Waals surface area contributed by atoms with E-state index in [1.807, 2.05) is 0 Å². The second kappa shape index (κ2) is 156. The van der Waals surface area contributed by atoms with Crippen molar-refractivity contribution >= 4 is 18.9 Å². The first-order valence-electron chi connectivity index (χ1n) is 0. The molecule has 0 spiro atoms. The predicted molar refractivity (Wildman–Crippen MR) is 25.2 cm³/mol. The molecule has 0 fully saturated rings. The van der Waals surface area contributed by atoms with Gasteiger partial charge in [-0.15, -0.1) is 0 Å². The van der Waals surface area contributed by atoms with Gasteiger partial charge in [0.2, 0.25) is 0 Å². The van der Waals surface area contributed by atoms with Crippen LogP contribution in [0.5, 0.6) is 0 Å². The van der Waals surface area contributed by atoms with Crippen LogP contribution in [0, 0.1) is 0 Å². The van der Waals surface area contributed by atoms with Crippen molar-refractivity contribution in [2.24, 2.45) is 0 Å². The first-order chi connectivity index (χ1) is 0. The van der Waals surface area contributed by atoms with Crippen molar-refractivity contribution in [2.75, 3.05) is 0 Å². The number of rotatable bonds is 0. The van der Waals surface area contributed by atoms with Gasteiger partial charge in [-0.1, -0.05) is 0 Å². The summed E-state index contributed by atoms with van der Waals surface area (Å²) in [5, 5.41) is 0. The fourth-order valence-corrected chi connectivity index (χ4v) is 0. The standard InChI is InChI=1S/Li.2Nb.5H2O.H/h;;;5*1H2;. The SMILES string of the molecule is O.O.O.O.O.[LiH].[Nb].[Nb]. The Bertz CT molecular complexity index is 10.4. The van der Waals surface area contributed by atoms with Gasteiger partial charge in [-0.25, -0.2) is 0 Å². The molecule has 2 radical (unpaired) electrons. The Labute approximate surface area is 90.3 Å². The minimum Gasteiger partial charge on any atom is 0 e. The van der Waals surface area contributed by atoms with Crippen molar-refractivity contribution in [1.82, 2.24) is 0 Å². The Balaban J connectivity index is 0. The summed E-state index contributed by atoms with van der Waals surface area (Å²) in [5.41, 5.74) is 0. The third-order valence-corrected chi connectivity index (χ3v) is 0. The molecule has 52 valence electrons. The summed E-state index contributed by atoms with van der Waals surface area (Å²) in [4.78, 5) is 0. The maximum atomic E-state index is 0. The molecule has 0 aromatic carbocycles. The summed E-state index contributed by atoms with van der Waals surface area (Å²) in [5.74, 6) is 0. The molecule has 0 amide bonds. The van der Waals surface area contributed by atoms with E-state index >= 15 is 0 Å². The van der Waals surface area contributed by atoms with Gasteiger partial charge in [0.1, 0.15) is 0 Å². The molecule has 8 heavy (non-hydrogen) atoms. The largest absolute Gasteiger partial charge is 0 e. The van der Waals surface area contributed by atoms with Crippen molar-refractivity contribution in [1.29, 1.82) is 0 Å². The van der Waals surface area contributed by atoms with E-state index in [2.05, 4.69) is 0 Å². The fourth-order valence-electron chi connectivity index (χ4n) is 0. The van der Waals surface area contributed by atoms with E-state index in [1.54, 1.807) is 0 Å². The smallest absolute Gasteiger partial charge is 0 e. The van der Waals surface area contributed by atoms with Crippen LogP contribution >= 0.6 is 0 Å². The Morgan fingerprint density at radius 1 is 0.375 bits per heavy atom. The van der Waals surface area contributed by atoms with Gasteiger partial charge in [0, 0.05) is 44.8 Å². The Hall–Kier alpha value is 1.88. The second-order valence-electron chi connectivity index (χ2n) is 0. The minimum atomic E-state index is 0. The van der Waals surface area contributed by atoms with Crippen LogP contribution in [0.4, 0.5) is 0 Å². The first-order valence-corrected chi connectivity index (χ1v) is 0. The maximum absolute atomic E-state index is 0. The Morgan fingerprint density at radius 2 is 0.375 bits per heavy atom. The van der Waals surface area contributed by atoms with Gasteiger partial charge in [0.15, 0.2) is 0 Å². The second-order valence-corrected chi connectivity index (χ2v) is 0. The van der Waals surface area contributed by atoms with Crippen LogP contribution in [-0.4, -0.2) is 46.2 Å². The normalized spacial score (nSPS) is 0. The monoisotopic (exact) mass is 284 g/mol. The first kappa shape index (κ1) is 221. The van der Waals surface area contributed by atoms with E-state index in [0.717, 1.165) is 0 Å². The topological polar surface area (TPSA) is 158 Å². The van der Waals surface area contributed by atoms with Gasteiger partial charge in [-0.2, -0.15) is 0 Å². The van der Waals surface area contributed by atoms with E-state index < -0.39 is 0 Å². The molecule has 0 atom stereocenters. The molecule has 0 aliphatic heterocycles. The zero-order valence-electron chi connectivity index (χ0n) is 3.39. The van der Waals surface area contributed by atoms with Gasteiger partial charge in [0.05, 0.1) is 0 Å². The van der Waals surface area contributed by atoms with Gasteiger partial charge in [-0.05, 0) is 0 Å². The third-order valence-electron chi connectivity index (χ3n) is 0. The van der Waals surface area contributed by atoms with Crippen LogP contribution in [0.3, 0.4) is 0 Å². The molecule has 8 heteroatoms. The summed E-state index contributed by atoms with van der Waals surface area (Å²) in [6.07, 6.45) is 0. The molecular weight excluding hydrogens is 273 g/mol. The summed E-state index contributed by atoms with van der Waals surface area (Å²) >= 11 is 0. The van der Waals surface area contributed by atoms with Crippen LogP contribution in [0.25, 0.3) is 0 Å². The van der Waals surface area contributed by atoms with Crippen LogP contribution in [0.1, 0.15) is 0 Å². The zero-order valence-corrected chi connectivity index (χ0v) is 7.79. The average molecular weight is 284 g/mol. The Kier molecular flexibility index (Phi) is 4310. The third kappa shape index (κ3) is 106. The summed E-state index contributed by atoms with van der Waals surface area (Å²) in [6, 6.07) is 0. The molecule has 5 nitrogen and oxygen atoms in total. The maximum Gasteiger partial charge on any atom is 0 e. The van der Waals surface area contributed by atoms with Gasteiger partial charge in [-0.3, -0.25) is 0 Å². The molecule has 0 heterocycles. The van der Waals surface area contributed by atoms with Gasteiger partial charge >= 0.3 is 18.9 Å². The van der Waals surface area contributed by atoms with Crippen LogP contribution in [0.15, 0.2) is 0 Å². The van der Waals surface area contributed by atoms with Crippen molar-refractivity contribution < 1.29 is 72.1 Å². The molecule has 0 unspecified atom stereocenters. The van der Waals surface area contributed by atoms with E-state index in [9.17, 15) is 0 Å². The Morgan fingerprint density at radius 3 is 0.375 bits per heavy atom. The minimum absolute atomic E-state index is 0. The van der Waals surface area contributed by atoms with E-state index in [-0.39, 0.29) is 91.0 Å². The molecule has 0 aliphatic rings. The van der Waals surface area contributed by atoms with Gasteiger partial charge in [0.25, 0.3) is 0 Å². The predicted octanol–water partition coefficient (Wildman–Crippen LogP) is -4.78. The van der Waals surface area contributed by atoms with Crippen LogP contribution in [-0.2, 0) is 44.8 Å². The molecule has 0 bridgehead atoms. The summed E-state index contributed by atoms with van der Waals surface area (Å²) in [6.45, 7) is 0. The quantitative estimate of drug-likeness (QED) is 0.391. The van der Waals surface area contributed by atoms with Gasteiger partial charge < -0.3 is 27.4 Å². The van der Waals surface area contributed by atoms with Crippen LogP contribution in [0.2, 0.25) is 0 Å². The van der Waals surface area contributed by atoms with E-state index in [1.165, 1.54) is 0 Å². The molecule has 0 saturated carbocycles. The molecule has 10 N–H and O–H groups in total. The molecule has 0 saturated heterocycles. The number of hydrogen-bond acceptors (Lipinski definition) is 0.